The number of ether oxygens (including phenoxy) is 1. The molecule has 0 amide bonds. The SMILES string of the molecule is Cc1cccc(C)c1-c1nc(NS(=O)(=O)c2cccc(OC3CCC(C(=O)O)CC3)n2)ccc1Cl. The van der Waals surface area contributed by atoms with Gasteiger partial charge >= 0.3 is 5.97 Å². The number of aryl methyl sites for hydroxylation is 2. The molecule has 2 heterocycles. The third-order valence-electron chi connectivity index (χ3n) is 6.09. The van der Waals surface area contributed by atoms with Crippen LogP contribution in [0.3, 0.4) is 0 Å². The first-order valence-electron chi connectivity index (χ1n) is 11.3. The molecule has 2 N–H and O–H groups in total. The second-order valence-electron chi connectivity index (χ2n) is 8.64. The topological polar surface area (TPSA) is 118 Å². The van der Waals surface area contributed by atoms with Crippen molar-refractivity contribution >= 4 is 33.4 Å². The highest BCUT2D eigenvalue weighted by Crippen LogP contribution is 2.33. The summed E-state index contributed by atoms with van der Waals surface area (Å²) in [4.78, 5) is 19.8. The van der Waals surface area contributed by atoms with Crippen LogP contribution in [0.2, 0.25) is 5.02 Å². The van der Waals surface area contributed by atoms with Crippen molar-refractivity contribution in [3.8, 4) is 17.1 Å². The molecule has 0 aliphatic heterocycles. The summed E-state index contributed by atoms with van der Waals surface area (Å²) in [7, 11) is -4.05. The van der Waals surface area contributed by atoms with Crippen LogP contribution in [0.25, 0.3) is 11.3 Å². The number of nitrogens with zero attached hydrogens (tertiary/aromatic N) is 2. The molecular formula is C25H26ClN3O5S. The number of halogens is 1. The molecule has 8 nitrogen and oxygen atoms in total. The summed E-state index contributed by atoms with van der Waals surface area (Å²) in [6.07, 6.45) is 1.98. The quantitative estimate of drug-likeness (QED) is 0.441. The van der Waals surface area contributed by atoms with Crippen LogP contribution in [0, 0.1) is 19.8 Å². The van der Waals surface area contributed by atoms with E-state index in [0.29, 0.717) is 36.4 Å². The van der Waals surface area contributed by atoms with E-state index in [2.05, 4.69) is 14.7 Å². The van der Waals surface area contributed by atoms with Crippen LogP contribution in [0.5, 0.6) is 5.88 Å². The van der Waals surface area contributed by atoms with Crippen molar-refractivity contribution in [2.45, 2.75) is 50.7 Å². The number of hydrogen-bond acceptors (Lipinski definition) is 6. The zero-order chi connectivity index (χ0) is 25.2. The van der Waals surface area contributed by atoms with Gasteiger partial charge in [-0.1, -0.05) is 35.9 Å². The monoisotopic (exact) mass is 515 g/mol. The predicted octanol–water partition coefficient (Wildman–Crippen LogP) is 5.24. The van der Waals surface area contributed by atoms with Crippen molar-refractivity contribution in [1.29, 1.82) is 0 Å². The van der Waals surface area contributed by atoms with E-state index < -0.39 is 16.0 Å². The maximum absolute atomic E-state index is 13.1. The van der Waals surface area contributed by atoms with Crippen molar-refractivity contribution in [3.63, 3.8) is 0 Å². The smallest absolute Gasteiger partial charge is 0.306 e. The molecule has 1 aliphatic carbocycles. The largest absolute Gasteiger partial charge is 0.481 e. The minimum atomic E-state index is -4.05. The molecule has 1 aromatic carbocycles. The molecule has 0 atom stereocenters. The summed E-state index contributed by atoms with van der Waals surface area (Å²) in [6, 6.07) is 13.4. The fourth-order valence-corrected chi connectivity index (χ4v) is 5.42. The molecule has 1 aliphatic rings. The number of anilines is 1. The zero-order valence-corrected chi connectivity index (χ0v) is 20.9. The molecule has 3 aromatic rings. The number of rotatable bonds is 7. The van der Waals surface area contributed by atoms with E-state index in [0.717, 1.165) is 16.7 Å². The molecule has 0 radical (unpaired) electrons. The summed E-state index contributed by atoms with van der Waals surface area (Å²) in [6.45, 7) is 3.89. The van der Waals surface area contributed by atoms with E-state index in [9.17, 15) is 13.2 Å². The van der Waals surface area contributed by atoms with Gasteiger partial charge < -0.3 is 9.84 Å². The molecule has 10 heteroatoms. The Morgan fingerprint density at radius 3 is 2.31 bits per heavy atom. The minimum Gasteiger partial charge on any atom is -0.481 e. The van der Waals surface area contributed by atoms with Gasteiger partial charge in [-0.3, -0.25) is 9.52 Å². The van der Waals surface area contributed by atoms with Crippen LogP contribution >= 0.6 is 11.6 Å². The first kappa shape index (κ1) is 24.9. The number of carboxylic acid groups (broad SMARTS) is 1. The summed E-state index contributed by atoms with van der Waals surface area (Å²) < 4.78 is 34.5. The van der Waals surface area contributed by atoms with E-state index in [4.69, 9.17) is 21.4 Å². The van der Waals surface area contributed by atoms with E-state index in [1.807, 2.05) is 32.0 Å². The summed E-state index contributed by atoms with van der Waals surface area (Å²) >= 11 is 6.40. The Balaban J connectivity index is 1.53. The molecule has 184 valence electrons. The van der Waals surface area contributed by atoms with Crippen molar-refractivity contribution in [1.82, 2.24) is 9.97 Å². The molecule has 0 saturated heterocycles. The number of aromatic nitrogens is 2. The van der Waals surface area contributed by atoms with Crippen LogP contribution in [-0.2, 0) is 14.8 Å². The molecule has 4 rings (SSSR count). The molecule has 0 spiro atoms. The Hall–Kier alpha value is -3.17. The van der Waals surface area contributed by atoms with E-state index >= 15 is 0 Å². The second-order valence-corrected chi connectivity index (χ2v) is 10.7. The Bertz CT molecular complexity index is 1330. The van der Waals surface area contributed by atoms with Crippen LogP contribution in [0.15, 0.2) is 53.6 Å². The number of aliphatic carboxylic acids is 1. The Labute approximate surface area is 209 Å². The standard InChI is InChI=1S/C25H26ClN3O5S/c1-15-5-3-6-16(2)23(15)24-19(26)13-14-20(27-24)29-35(32,33)22-8-4-7-21(28-22)34-18-11-9-17(10-12-18)25(30)31/h3-8,13-14,17-18H,9-12H2,1-2H3,(H,27,29)(H,30,31). The van der Waals surface area contributed by atoms with Gasteiger partial charge in [0.05, 0.1) is 16.6 Å². The first-order chi connectivity index (χ1) is 16.6. The highest BCUT2D eigenvalue weighted by molar-refractivity contribution is 7.92. The molecule has 0 bridgehead atoms. The number of benzene rings is 1. The summed E-state index contributed by atoms with van der Waals surface area (Å²) in [5.74, 6) is -0.865. The molecule has 1 fully saturated rings. The maximum Gasteiger partial charge on any atom is 0.306 e. The number of sulfonamides is 1. The van der Waals surface area contributed by atoms with E-state index in [1.54, 1.807) is 18.2 Å². The Morgan fingerprint density at radius 1 is 1.00 bits per heavy atom. The van der Waals surface area contributed by atoms with Crippen LogP contribution in [0.4, 0.5) is 5.82 Å². The third-order valence-corrected chi connectivity index (χ3v) is 7.65. The van der Waals surface area contributed by atoms with Crippen LogP contribution in [0.1, 0.15) is 36.8 Å². The number of nitrogens with one attached hydrogen (secondary N) is 1. The van der Waals surface area contributed by atoms with Gasteiger partial charge in [0.1, 0.15) is 11.9 Å². The average Bonchev–Trinajstić information content (AvgIpc) is 2.81. The van der Waals surface area contributed by atoms with E-state index in [-0.39, 0.29) is 28.7 Å². The van der Waals surface area contributed by atoms with Gasteiger partial charge in [-0.15, -0.1) is 0 Å². The second kappa shape index (κ2) is 10.2. The lowest BCUT2D eigenvalue weighted by molar-refractivity contribution is -0.143. The lowest BCUT2D eigenvalue weighted by atomic mass is 9.87. The number of pyridine rings is 2. The predicted molar refractivity (Wildman–Crippen MR) is 133 cm³/mol. The molecule has 0 unspecified atom stereocenters. The van der Waals surface area contributed by atoms with Gasteiger partial charge in [0, 0.05) is 11.6 Å². The van der Waals surface area contributed by atoms with Crippen molar-refractivity contribution in [2.24, 2.45) is 5.92 Å². The van der Waals surface area contributed by atoms with Crippen molar-refractivity contribution in [2.75, 3.05) is 4.72 Å². The number of carboxylic acids is 1. The average molecular weight is 516 g/mol. The normalized spacial score (nSPS) is 18.1. The number of carbonyl (C=O) groups is 1. The summed E-state index contributed by atoms with van der Waals surface area (Å²) in [5.41, 5.74) is 3.29. The van der Waals surface area contributed by atoms with Gasteiger partial charge in [-0.25, -0.2) is 4.98 Å². The fraction of sp³-hybridized carbons (Fsp3) is 0.320. The zero-order valence-electron chi connectivity index (χ0n) is 19.4. The van der Waals surface area contributed by atoms with Crippen LogP contribution < -0.4 is 9.46 Å². The highest BCUT2D eigenvalue weighted by atomic mass is 35.5. The highest BCUT2D eigenvalue weighted by Gasteiger charge is 2.27. The fourth-order valence-electron chi connectivity index (χ4n) is 4.26. The van der Waals surface area contributed by atoms with Gasteiger partial charge in [0.25, 0.3) is 10.0 Å². The molecule has 35 heavy (non-hydrogen) atoms. The lowest BCUT2D eigenvalue weighted by Crippen LogP contribution is -2.28. The molecular weight excluding hydrogens is 490 g/mol. The minimum absolute atomic E-state index is 0.118. The maximum atomic E-state index is 13.1. The summed E-state index contributed by atoms with van der Waals surface area (Å²) in [5, 5.41) is 9.35. The molecule has 2 aromatic heterocycles. The Kier molecular flexibility index (Phi) is 7.28. The van der Waals surface area contributed by atoms with Crippen molar-refractivity contribution < 1.29 is 23.1 Å². The molecule has 1 saturated carbocycles. The van der Waals surface area contributed by atoms with E-state index in [1.165, 1.54) is 12.1 Å². The lowest BCUT2D eigenvalue weighted by Gasteiger charge is -2.26. The first-order valence-corrected chi connectivity index (χ1v) is 13.1. The number of hydrogen-bond donors (Lipinski definition) is 2. The van der Waals surface area contributed by atoms with Crippen molar-refractivity contribution in [3.05, 3.63) is 64.7 Å². The van der Waals surface area contributed by atoms with Gasteiger partial charge in [0.2, 0.25) is 5.88 Å². The van der Waals surface area contributed by atoms with Gasteiger partial charge in [-0.2, -0.15) is 13.4 Å². The third kappa shape index (κ3) is 5.74. The Morgan fingerprint density at radius 2 is 1.66 bits per heavy atom. The van der Waals surface area contributed by atoms with Gasteiger partial charge in [0.15, 0.2) is 5.03 Å². The van der Waals surface area contributed by atoms with Gasteiger partial charge in [-0.05, 0) is 68.9 Å². The van der Waals surface area contributed by atoms with Crippen LogP contribution in [-0.4, -0.2) is 35.6 Å².